The number of ketones is 1. The van der Waals surface area contributed by atoms with Crippen molar-refractivity contribution < 1.29 is 9.90 Å². The van der Waals surface area contributed by atoms with Gasteiger partial charge in [0.2, 0.25) is 0 Å². The van der Waals surface area contributed by atoms with E-state index in [1.807, 2.05) is 6.26 Å². The fraction of sp³-hybridized carbons (Fsp3) is 0.810. The number of allylic oxidation sites excluding steroid dienone is 1. The molecular formula is C21H30O2S2. The Kier molecular flexibility index (Phi) is 4.49. The van der Waals surface area contributed by atoms with E-state index in [4.69, 9.17) is 12.2 Å². The lowest BCUT2D eigenvalue weighted by Crippen LogP contribution is -2.50. The first kappa shape index (κ1) is 18.2. The topological polar surface area (TPSA) is 37.3 Å². The lowest BCUT2D eigenvalue weighted by Gasteiger charge is -2.56. The summed E-state index contributed by atoms with van der Waals surface area (Å²) in [7, 11) is 0. The van der Waals surface area contributed by atoms with E-state index >= 15 is 0 Å². The molecule has 4 aliphatic rings. The molecule has 0 aliphatic heterocycles. The van der Waals surface area contributed by atoms with Gasteiger partial charge in [-0.05, 0) is 74.4 Å². The zero-order valence-electron chi connectivity index (χ0n) is 15.6. The fourth-order valence-electron chi connectivity index (χ4n) is 6.81. The van der Waals surface area contributed by atoms with Gasteiger partial charge in [-0.1, -0.05) is 37.7 Å². The van der Waals surface area contributed by atoms with Crippen LogP contribution in [-0.2, 0) is 4.79 Å². The number of hydrogen-bond acceptors (Lipinski definition) is 4. The summed E-state index contributed by atoms with van der Waals surface area (Å²) in [4.78, 5) is 13.2. The summed E-state index contributed by atoms with van der Waals surface area (Å²) in [6.07, 6.45) is 11.4. The van der Waals surface area contributed by atoms with E-state index in [0.29, 0.717) is 23.5 Å². The molecule has 1 N–H and O–H groups in total. The Balaban J connectivity index is 1.67. The Morgan fingerprint density at radius 1 is 1.24 bits per heavy atom. The Bertz CT molecular complexity index is 642. The highest BCUT2D eigenvalue weighted by Crippen LogP contribution is 2.64. The minimum atomic E-state index is -0.165. The summed E-state index contributed by atoms with van der Waals surface area (Å²) in [5, 5.41) is 10.1. The van der Waals surface area contributed by atoms with Gasteiger partial charge in [0.15, 0.2) is 0 Å². The lowest BCUT2D eigenvalue weighted by molar-refractivity contribution is -0.133. The largest absolute Gasteiger partial charge is 0.393 e. The second kappa shape index (κ2) is 6.17. The molecule has 2 nitrogen and oxygen atoms in total. The molecule has 3 fully saturated rings. The molecule has 138 valence electrons. The van der Waals surface area contributed by atoms with Gasteiger partial charge in [0.25, 0.3) is 0 Å². The van der Waals surface area contributed by atoms with E-state index in [-0.39, 0.29) is 22.9 Å². The Hall–Kier alpha value is -0.190. The summed E-state index contributed by atoms with van der Waals surface area (Å²) in [6.45, 7) is 4.66. The first-order valence-electron chi connectivity index (χ1n) is 9.81. The van der Waals surface area contributed by atoms with Crippen molar-refractivity contribution >= 4 is 34.0 Å². The summed E-state index contributed by atoms with van der Waals surface area (Å²) < 4.78 is 0.899. The van der Waals surface area contributed by atoms with Crippen LogP contribution in [0.1, 0.15) is 58.8 Å². The molecule has 0 aromatic carbocycles. The first-order chi connectivity index (χ1) is 11.8. The fourth-order valence-corrected chi connectivity index (χ4v) is 7.50. The molecule has 7 atom stereocenters. The van der Waals surface area contributed by atoms with E-state index in [0.717, 1.165) is 49.1 Å². The van der Waals surface area contributed by atoms with Crippen molar-refractivity contribution in [3.05, 3.63) is 11.6 Å². The molecule has 4 heteroatoms. The van der Waals surface area contributed by atoms with E-state index in [1.54, 1.807) is 11.8 Å². The maximum Gasteiger partial charge on any atom is 0.147 e. The quantitative estimate of drug-likeness (QED) is 0.525. The average Bonchev–Trinajstić information content (AvgIpc) is 2.87. The number of hydrogen-bond donors (Lipinski definition) is 1. The average molecular weight is 379 g/mol. The molecule has 0 radical (unpaired) electrons. The highest BCUT2D eigenvalue weighted by molar-refractivity contribution is 8.22. The smallest absolute Gasteiger partial charge is 0.147 e. The van der Waals surface area contributed by atoms with E-state index in [2.05, 4.69) is 19.9 Å². The highest BCUT2D eigenvalue weighted by Gasteiger charge is 2.61. The summed E-state index contributed by atoms with van der Waals surface area (Å²) in [5.74, 6) is 2.18. The second-order valence-corrected chi connectivity index (χ2v) is 10.8. The third kappa shape index (κ3) is 2.54. The van der Waals surface area contributed by atoms with Crippen LogP contribution in [0.5, 0.6) is 0 Å². The van der Waals surface area contributed by atoms with Crippen molar-refractivity contribution in [3.8, 4) is 0 Å². The molecule has 0 spiro atoms. The number of fused-ring (bicyclic) bond motifs is 5. The normalized spacial score (nSPS) is 49.0. The third-order valence-corrected chi connectivity index (χ3v) is 9.79. The van der Waals surface area contributed by atoms with Gasteiger partial charge in [0.05, 0.1) is 16.2 Å². The second-order valence-electron chi connectivity index (χ2n) is 9.29. The minimum Gasteiger partial charge on any atom is -0.393 e. The van der Waals surface area contributed by atoms with Crippen LogP contribution in [0.2, 0.25) is 0 Å². The van der Waals surface area contributed by atoms with Gasteiger partial charge in [-0.3, -0.25) is 4.79 Å². The molecule has 0 aromatic heterocycles. The third-order valence-electron chi connectivity index (χ3n) is 8.32. The molecule has 0 bridgehead atoms. The number of aliphatic hydroxyl groups is 1. The van der Waals surface area contributed by atoms with Crippen molar-refractivity contribution in [2.45, 2.75) is 64.9 Å². The summed E-state index contributed by atoms with van der Waals surface area (Å²) in [5.41, 5.74) is 1.57. The summed E-state index contributed by atoms with van der Waals surface area (Å²) in [6, 6.07) is 0. The van der Waals surface area contributed by atoms with E-state index < -0.39 is 0 Å². The van der Waals surface area contributed by atoms with Crippen molar-refractivity contribution in [3.63, 3.8) is 0 Å². The molecular weight excluding hydrogens is 348 g/mol. The van der Waals surface area contributed by atoms with Crippen molar-refractivity contribution in [2.75, 3.05) is 6.26 Å². The number of carbonyl (C=O) groups excluding carboxylic acids is 1. The monoisotopic (exact) mass is 378 g/mol. The maximum absolute atomic E-state index is 13.2. The predicted octanol–water partition coefficient (Wildman–Crippen LogP) is 4.80. The van der Waals surface area contributed by atoms with E-state index in [9.17, 15) is 9.90 Å². The van der Waals surface area contributed by atoms with Crippen molar-refractivity contribution in [1.82, 2.24) is 0 Å². The van der Waals surface area contributed by atoms with Crippen LogP contribution in [0.4, 0.5) is 0 Å². The zero-order chi connectivity index (χ0) is 18.0. The molecule has 0 aromatic rings. The first-order valence-corrected chi connectivity index (χ1v) is 11.4. The summed E-state index contributed by atoms with van der Waals surface area (Å²) >= 11 is 7.13. The van der Waals surface area contributed by atoms with Crippen LogP contribution in [-0.4, -0.2) is 27.4 Å². The molecule has 4 aliphatic carbocycles. The number of aliphatic hydroxyl groups excluding tert-OH is 1. The predicted molar refractivity (Wildman–Crippen MR) is 108 cm³/mol. The van der Waals surface area contributed by atoms with Crippen LogP contribution in [0.25, 0.3) is 0 Å². The Morgan fingerprint density at radius 2 is 1.96 bits per heavy atom. The molecule has 3 saturated carbocycles. The van der Waals surface area contributed by atoms with Gasteiger partial charge < -0.3 is 5.11 Å². The standard InChI is InChI=1S/C21H30O2S2/c1-20-8-6-13(22)10-12(20)4-5-14-16(20)7-9-21(2)17(14)11-15(18(21)23)19(24)25-3/h4,13-17,22H,5-11H2,1-3H3/t13-,14+,15?,16-,17-,20-,21-/m0/s1. The van der Waals surface area contributed by atoms with Crippen molar-refractivity contribution in [1.29, 1.82) is 0 Å². The van der Waals surface area contributed by atoms with Gasteiger partial charge in [0, 0.05) is 5.41 Å². The number of carbonyl (C=O) groups is 1. The SMILES string of the molecule is CSC(=S)C1C[C@H]2[C@@H]3CC=C4C[C@@H](O)CC[C@]4(C)[C@H]3CC[C@]2(C)C1=O. The van der Waals surface area contributed by atoms with Gasteiger partial charge in [-0.15, -0.1) is 11.8 Å². The van der Waals surface area contributed by atoms with Crippen molar-refractivity contribution in [2.24, 2.45) is 34.5 Å². The molecule has 0 amide bonds. The number of rotatable bonds is 1. The molecule has 4 rings (SSSR count). The lowest BCUT2D eigenvalue weighted by atomic mass is 9.48. The van der Waals surface area contributed by atoms with Gasteiger partial charge in [-0.2, -0.15) is 0 Å². The van der Waals surface area contributed by atoms with Gasteiger partial charge >= 0.3 is 0 Å². The van der Waals surface area contributed by atoms with Crippen LogP contribution in [0.3, 0.4) is 0 Å². The Morgan fingerprint density at radius 3 is 2.68 bits per heavy atom. The van der Waals surface area contributed by atoms with Crippen LogP contribution in [0.15, 0.2) is 11.6 Å². The van der Waals surface area contributed by atoms with E-state index in [1.165, 1.54) is 5.57 Å². The molecule has 25 heavy (non-hydrogen) atoms. The van der Waals surface area contributed by atoms with Crippen LogP contribution in [0, 0.1) is 34.5 Å². The minimum absolute atomic E-state index is 0.00916. The van der Waals surface area contributed by atoms with Crippen LogP contribution < -0.4 is 0 Å². The number of Topliss-reactive ketones (excluding diaryl/α,β-unsaturated/α-hetero) is 1. The molecule has 0 heterocycles. The molecule has 0 saturated heterocycles. The maximum atomic E-state index is 13.2. The van der Waals surface area contributed by atoms with Gasteiger partial charge in [-0.25, -0.2) is 0 Å². The molecule has 1 unspecified atom stereocenters. The Labute approximate surface area is 161 Å². The number of thioether (sulfide) groups is 1. The highest BCUT2D eigenvalue weighted by atomic mass is 32.2. The zero-order valence-corrected chi connectivity index (χ0v) is 17.2. The number of thiocarbonyl (C=S) groups is 1. The van der Waals surface area contributed by atoms with Crippen LogP contribution >= 0.6 is 24.0 Å². The van der Waals surface area contributed by atoms with Gasteiger partial charge in [0.1, 0.15) is 5.78 Å².